The Morgan fingerprint density at radius 3 is 2.83 bits per heavy atom. The van der Waals surface area contributed by atoms with Crippen molar-refractivity contribution in [1.82, 2.24) is 14.8 Å². The number of hydrogen-bond donors (Lipinski definition) is 0. The van der Waals surface area contributed by atoms with Gasteiger partial charge in [0.05, 0.1) is 6.10 Å². The van der Waals surface area contributed by atoms with Crippen LogP contribution in [0, 0.1) is 6.57 Å². The Hall–Kier alpha value is -2.35. The Balaban J connectivity index is 1.98. The van der Waals surface area contributed by atoms with Crippen molar-refractivity contribution in [1.29, 1.82) is 0 Å². The molecule has 0 aliphatic heterocycles. The molecular weight excluding hydrogens is 228 g/mol. The fourth-order valence-electron chi connectivity index (χ4n) is 1.74. The van der Waals surface area contributed by atoms with Gasteiger partial charge < -0.3 is 9.58 Å². The SMILES string of the molecule is [C-]#[N+]c1nc(-c2ccnn2C)ccc1OC1CC1. The summed E-state index contributed by atoms with van der Waals surface area (Å²) >= 11 is 0. The number of nitrogens with zero attached hydrogens (tertiary/aromatic N) is 4. The van der Waals surface area contributed by atoms with Gasteiger partial charge in [-0.1, -0.05) is 6.57 Å². The predicted octanol–water partition coefficient (Wildman–Crippen LogP) is 2.57. The van der Waals surface area contributed by atoms with Gasteiger partial charge in [-0.2, -0.15) is 5.10 Å². The van der Waals surface area contributed by atoms with Crippen LogP contribution in [0.4, 0.5) is 5.82 Å². The van der Waals surface area contributed by atoms with Gasteiger partial charge >= 0.3 is 5.82 Å². The fourth-order valence-corrected chi connectivity index (χ4v) is 1.74. The van der Waals surface area contributed by atoms with Crippen LogP contribution in [0.25, 0.3) is 16.2 Å². The second kappa shape index (κ2) is 4.15. The highest BCUT2D eigenvalue weighted by Gasteiger charge is 2.25. The van der Waals surface area contributed by atoms with E-state index in [1.54, 1.807) is 10.9 Å². The van der Waals surface area contributed by atoms with Crippen molar-refractivity contribution < 1.29 is 4.74 Å². The summed E-state index contributed by atoms with van der Waals surface area (Å²) in [7, 11) is 1.85. The van der Waals surface area contributed by atoms with Crippen LogP contribution in [0.5, 0.6) is 5.75 Å². The number of pyridine rings is 1. The number of aromatic nitrogens is 3. The van der Waals surface area contributed by atoms with E-state index in [9.17, 15) is 0 Å². The van der Waals surface area contributed by atoms with Gasteiger partial charge in [0.15, 0.2) is 5.69 Å². The van der Waals surface area contributed by atoms with Gasteiger partial charge in [-0.25, -0.2) is 0 Å². The lowest BCUT2D eigenvalue weighted by atomic mass is 10.2. The van der Waals surface area contributed by atoms with Crippen LogP contribution in [0.1, 0.15) is 12.8 Å². The largest absolute Gasteiger partial charge is 0.500 e. The molecule has 2 aromatic rings. The van der Waals surface area contributed by atoms with E-state index >= 15 is 0 Å². The third-order valence-electron chi connectivity index (χ3n) is 2.85. The molecule has 18 heavy (non-hydrogen) atoms. The molecule has 0 N–H and O–H groups in total. The average molecular weight is 240 g/mol. The summed E-state index contributed by atoms with van der Waals surface area (Å²) in [6.45, 7) is 7.19. The molecule has 0 atom stereocenters. The van der Waals surface area contributed by atoms with E-state index in [4.69, 9.17) is 11.3 Å². The van der Waals surface area contributed by atoms with Gasteiger partial charge in [-0.3, -0.25) is 4.68 Å². The Morgan fingerprint density at radius 2 is 2.22 bits per heavy atom. The third kappa shape index (κ3) is 1.93. The predicted molar refractivity (Wildman–Crippen MR) is 66.4 cm³/mol. The maximum atomic E-state index is 7.19. The maximum absolute atomic E-state index is 7.19. The number of rotatable bonds is 3. The van der Waals surface area contributed by atoms with E-state index in [1.165, 1.54) is 0 Å². The molecule has 5 nitrogen and oxygen atoms in total. The molecule has 0 spiro atoms. The van der Waals surface area contributed by atoms with Gasteiger partial charge in [-0.05, 0) is 31.0 Å². The highest BCUT2D eigenvalue weighted by atomic mass is 16.5. The number of hydrogen-bond acceptors (Lipinski definition) is 3. The lowest BCUT2D eigenvalue weighted by Crippen LogP contribution is -1.99. The molecule has 0 bridgehead atoms. The normalized spacial score (nSPS) is 14.2. The first-order valence-electron chi connectivity index (χ1n) is 5.81. The second-order valence-electron chi connectivity index (χ2n) is 4.29. The topological polar surface area (TPSA) is 44.3 Å². The van der Waals surface area contributed by atoms with Gasteiger partial charge in [0.1, 0.15) is 11.4 Å². The van der Waals surface area contributed by atoms with Gasteiger partial charge in [0, 0.05) is 13.2 Å². The summed E-state index contributed by atoms with van der Waals surface area (Å²) in [5.74, 6) is 0.902. The molecular formula is C13H12N4O. The molecule has 3 rings (SSSR count). The second-order valence-corrected chi connectivity index (χ2v) is 4.29. The Labute approximate surface area is 105 Å². The molecule has 0 radical (unpaired) electrons. The zero-order chi connectivity index (χ0) is 12.5. The zero-order valence-electron chi connectivity index (χ0n) is 10.00. The van der Waals surface area contributed by atoms with Crippen LogP contribution in [-0.4, -0.2) is 20.9 Å². The Bertz CT molecular complexity index is 622. The fraction of sp³-hybridized carbons (Fsp3) is 0.308. The Kier molecular flexibility index (Phi) is 2.49. The van der Waals surface area contributed by atoms with Gasteiger partial charge in [-0.15, -0.1) is 4.98 Å². The molecule has 1 saturated carbocycles. The molecule has 2 aromatic heterocycles. The van der Waals surface area contributed by atoms with Crippen LogP contribution >= 0.6 is 0 Å². The smallest absolute Gasteiger partial charge is 0.312 e. The molecule has 1 aliphatic carbocycles. The van der Waals surface area contributed by atoms with E-state index in [2.05, 4.69) is 14.9 Å². The van der Waals surface area contributed by atoms with E-state index in [0.717, 1.165) is 24.2 Å². The van der Waals surface area contributed by atoms with Crippen LogP contribution in [0.3, 0.4) is 0 Å². The van der Waals surface area contributed by atoms with Crippen molar-refractivity contribution in [2.45, 2.75) is 18.9 Å². The van der Waals surface area contributed by atoms with Crippen molar-refractivity contribution in [3.05, 3.63) is 35.8 Å². The van der Waals surface area contributed by atoms with E-state index in [0.29, 0.717) is 11.6 Å². The summed E-state index contributed by atoms with van der Waals surface area (Å²) in [5.41, 5.74) is 1.63. The number of ether oxygens (including phenoxy) is 1. The van der Waals surface area contributed by atoms with Crippen molar-refractivity contribution in [3.63, 3.8) is 0 Å². The van der Waals surface area contributed by atoms with Crippen LogP contribution < -0.4 is 4.74 Å². The minimum atomic E-state index is 0.273. The molecule has 0 aromatic carbocycles. The van der Waals surface area contributed by atoms with Crippen LogP contribution in [0.15, 0.2) is 24.4 Å². The average Bonchev–Trinajstić information content (AvgIpc) is 3.10. The molecule has 1 fully saturated rings. The van der Waals surface area contributed by atoms with Crippen LogP contribution in [0.2, 0.25) is 0 Å². The standard InChI is InChI=1S/C13H12N4O/c1-14-13-12(18-9-3-4-9)6-5-10(16-13)11-7-8-15-17(11)2/h5-9H,3-4H2,2H3. The molecule has 0 saturated heterocycles. The first-order valence-corrected chi connectivity index (χ1v) is 5.81. The van der Waals surface area contributed by atoms with E-state index in [1.807, 2.05) is 25.2 Å². The summed E-state index contributed by atoms with van der Waals surface area (Å²) < 4.78 is 7.38. The van der Waals surface area contributed by atoms with Gasteiger partial charge in [0.25, 0.3) is 0 Å². The van der Waals surface area contributed by atoms with E-state index < -0.39 is 0 Å². The first-order chi connectivity index (χ1) is 8.78. The zero-order valence-corrected chi connectivity index (χ0v) is 10.00. The molecule has 5 heteroatoms. The quantitative estimate of drug-likeness (QED) is 0.774. The lowest BCUT2D eigenvalue weighted by Gasteiger charge is -2.06. The van der Waals surface area contributed by atoms with Crippen LogP contribution in [-0.2, 0) is 7.05 Å². The monoisotopic (exact) mass is 240 g/mol. The van der Waals surface area contributed by atoms with Crippen molar-refractivity contribution in [2.24, 2.45) is 7.05 Å². The summed E-state index contributed by atoms with van der Waals surface area (Å²) in [4.78, 5) is 7.77. The minimum absolute atomic E-state index is 0.273. The summed E-state index contributed by atoms with van der Waals surface area (Å²) in [6.07, 6.45) is 4.13. The molecule has 2 heterocycles. The van der Waals surface area contributed by atoms with Crippen molar-refractivity contribution >= 4 is 5.82 Å². The molecule has 0 unspecified atom stereocenters. The third-order valence-corrected chi connectivity index (χ3v) is 2.85. The van der Waals surface area contributed by atoms with Crippen molar-refractivity contribution in [3.8, 4) is 17.1 Å². The summed E-state index contributed by atoms with van der Waals surface area (Å²) in [5, 5.41) is 4.10. The Morgan fingerprint density at radius 1 is 1.39 bits per heavy atom. The molecule has 1 aliphatic rings. The maximum Gasteiger partial charge on any atom is 0.312 e. The molecule has 90 valence electrons. The minimum Gasteiger partial charge on any atom is -0.500 e. The summed E-state index contributed by atoms with van der Waals surface area (Å²) in [6, 6.07) is 5.56. The highest BCUT2D eigenvalue weighted by Crippen LogP contribution is 2.34. The lowest BCUT2D eigenvalue weighted by molar-refractivity contribution is 0.304. The van der Waals surface area contributed by atoms with Gasteiger partial charge in [0.2, 0.25) is 0 Å². The number of aryl methyl sites for hydroxylation is 1. The first kappa shape index (κ1) is 10.8. The van der Waals surface area contributed by atoms with Crippen molar-refractivity contribution in [2.75, 3.05) is 0 Å². The van der Waals surface area contributed by atoms with E-state index in [-0.39, 0.29) is 6.10 Å². The highest BCUT2D eigenvalue weighted by molar-refractivity contribution is 5.62. The molecule has 0 amide bonds.